The quantitative estimate of drug-likeness (QED) is 0.522. The lowest BCUT2D eigenvalue weighted by atomic mass is 10.1. The number of carbonyl (C=O) groups excluding carboxylic acids is 2. The van der Waals surface area contributed by atoms with Crippen LogP contribution in [0.4, 0.5) is 0 Å². The Morgan fingerprint density at radius 2 is 1.96 bits per heavy atom. The maximum absolute atomic E-state index is 12.8. The van der Waals surface area contributed by atoms with Crippen molar-refractivity contribution >= 4 is 29.1 Å². The van der Waals surface area contributed by atoms with Gasteiger partial charge in [-0.3, -0.25) is 14.5 Å². The lowest BCUT2D eigenvalue weighted by Crippen LogP contribution is -2.31. The van der Waals surface area contributed by atoms with Gasteiger partial charge in [0.25, 0.3) is 11.8 Å². The van der Waals surface area contributed by atoms with Crippen LogP contribution in [0.3, 0.4) is 0 Å². The molecule has 0 aliphatic carbocycles. The van der Waals surface area contributed by atoms with E-state index in [4.69, 9.17) is 9.15 Å². The molecule has 1 aliphatic rings. The molecule has 0 N–H and O–H groups in total. The van der Waals surface area contributed by atoms with Gasteiger partial charge in [-0.1, -0.05) is 18.2 Å². The molecule has 134 valence electrons. The zero-order valence-corrected chi connectivity index (χ0v) is 15.3. The molecule has 0 unspecified atom stereocenters. The fourth-order valence-corrected chi connectivity index (χ4v) is 3.69. The van der Waals surface area contributed by atoms with Crippen LogP contribution in [0.5, 0.6) is 5.75 Å². The molecule has 6 heteroatoms. The Kier molecular flexibility index (Phi) is 5.63. The summed E-state index contributed by atoms with van der Waals surface area (Å²) in [5, 5.41) is 0. The first kappa shape index (κ1) is 18.1. The number of amides is 2. The van der Waals surface area contributed by atoms with Gasteiger partial charge < -0.3 is 9.15 Å². The normalized spacial score (nSPS) is 14.3. The number of carbonyl (C=O) groups is 2. The fourth-order valence-electron chi connectivity index (χ4n) is 2.66. The number of ether oxygens (including phenoxy) is 1. The monoisotopic (exact) mass is 369 g/mol. The highest BCUT2D eigenvalue weighted by Gasteiger charge is 2.38. The number of imide groups is 1. The van der Waals surface area contributed by atoms with Gasteiger partial charge >= 0.3 is 0 Å². The third-order valence-electron chi connectivity index (χ3n) is 3.83. The third kappa shape index (κ3) is 3.60. The predicted octanol–water partition coefficient (Wildman–Crippen LogP) is 3.88. The van der Waals surface area contributed by atoms with E-state index in [-0.39, 0.29) is 18.4 Å². The lowest BCUT2D eigenvalue weighted by Gasteiger charge is -2.12. The van der Waals surface area contributed by atoms with Gasteiger partial charge in [-0.15, -0.1) is 18.3 Å². The van der Waals surface area contributed by atoms with Crippen molar-refractivity contribution < 1.29 is 18.7 Å². The first-order valence-electron chi connectivity index (χ1n) is 8.25. The van der Waals surface area contributed by atoms with Crippen molar-refractivity contribution in [3.05, 3.63) is 71.5 Å². The zero-order chi connectivity index (χ0) is 18.5. The average molecular weight is 369 g/mol. The second-order valence-corrected chi connectivity index (χ2v) is 6.52. The first-order valence-corrected chi connectivity index (χ1v) is 9.24. The summed E-state index contributed by atoms with van der Waals surface area (Å²) in [6.07, 6.45) is 3.13. The molecule has 5 nitrogen and oxygen atoms in total. The molecule has 0 saturated carbocycles. The molecule has 3 rings (SSSR count). The lowest BCUT2D eigenvalue weighted by molar-refractivity contribution is -0.135. The van der Waals surface area contributed by atoms with Crippen molar-refractivity contribution in [3.63, 3.8) is 0 Å². The van der Waals surface area contributed by atoms with Crippen molar-refractivity contribution in [1.29, 1.82) is 0 Å². The van der Waals surface area contributed by atoms with Crippen LogP contribution in [-0.2, 0) is 15.3 Å². The molecule has 0 radical (unpaired) electrons. The summed E-state index contributed by atoms with van der Waals surface area (Å²) in [5.41, 5.74) is 1.11. The van der Waals surface area contributed by atoms with Gasteiger partial charge in [0.15, 0.2) is 0 Å². The van der Waals surface area contributed by atoms with Crippen LogP contribution in [0.1, 0.15) is 18.2 Å². The number of thioether (sulfide) groups is 1. The van der Waals surface area contributed by atoms with Crippen molar-refractivity contribution in [1.82, 2.24) is 4.90 Å². The van der Waals surface area contributed by atoms with E-state index in [1.165, 1.54) is 16.7 Å². The Balaban J connectivity index is 1.94. The summed E-state index contributed by atoms with van der Waals surface area (Å²) in [5.74, 6) is 1.35. The highest BCUT2D eigenvalue weighted by molar-refractivity contribution is 8.03. The Morgan fingerprint density at radius 3 is 2.58 bits per heavy atom. The largest absolute Gasteiger partial charge is 0.494 e. The summed E-state index contributed by atoms with van der Waals surface area (Å²) < 4.78 is 10.8. The molecule has 26 heavy (non-hydrogen) atoms. The molecule has 0 bridgehead atoms. The smallest absolute Gasteiger partial charge is 0.268 e. The molecule has 2 aromatic rings. The van der Waals surface area contributed by atoms with Crippen LogP contribution in [0, 0.1) is 0 Å². The van der Waals surface area contributed by atoms with Gasteiger partial charge in [-0.2, -0.15) is 0 Å². The van der Waals surface area contributed by atoms with Gasteiger partial charge in [0.2, 0.25) is 0 Å². The Hall–Kier alpha value is -2.73. The summed E-state index contributed by atoms with van der Waals surface area (Å²) in [6, 6.07) is 10.8. The van der Waals surface area contributed by atoms with E-state index in [1.54, 1.807) is 42.7 Å². The molecule has 0 saturated heterocycles. The van der Waals surface area contributed by atoms with Crippen LogP contribution in [0.2, 0.25) is 0 Å². The van der Waals surface area contributed by atoms with E-state index >= 15 is 0 Å². The van der Waals surface area contributed by atoms with Crippen molar-refractivity contribution in [3.8, 4) is 5.75 Å². The molecule has 0 fully saturated rings. The topological polar surface area (TPSA) is 59.8 Å². The molecule has 1 aliphatic heterocycles. The molecule has 0 spiro atoms. The van der Waals surface area contributed by atoms with Crippen LogP contribution >= 0.6 is 11.8 Å². The standard InChI is InChI=1S/C20H19NO4S/c1-3-11-21-19(22)17(14-7-9-15(10-8-14)24-4-2)18(20(21)23)26-13-16-6-5-12-25-16/h3,5-10,12H,1,4,11,13H2,2H3. The first-order chi connectivity index (χ1) is 12.7. The van der Waals surface area contributed by atoms with Gasteiger partial charge in [-0.25, -0.2) is 0 Å². The molecule has 2 heterocycles. The minimum Gasteiger partial charge on any atom is -0.494 e. The van der Waals surface area contributed by atoms with E-state index in [0.29, 0.717) is 28.4 Å². The van der Waals surface area contributed by atoms with Crippen LogP contribution in [0.25, 0.3) is 5.57 Å². The van der Waals surface area contributed by atoms with Crippen LogP contribution in [-0.4, -0.2) is 29.9 Å². The van der Waals surface area contributed by atoms with Gasteiger partial charge in [0, 0.05) is 6.54 Å². The van der Waals surface area contributed by atoms with Crippen molar-refractivity contribution in [2.75, 3.05) is 13.2 Å². The number of furan rings is 1. The molecular weight excluding hydrogens is 350 g/mol. The fraction of sp³-hybridized carbons (Fsp3) is 0.200. The van der Waals surface area contributed by atoms with E-state index in [9.17, 15) is 9.59 Å². The number of benzene rings is 1. The number of hydrogen-bond donors (Lipinski definition) is 0. The second kappa shape index (κ2) is 8.10. The molecule has 0 atom stereocenters. The Bertz CT molecular complexity index is 837. The van der Waals surface area contributed by atoms with Crippen LogP contribution in [0.15, 0.2) is 64.6 Å². The molecular formula is C20H19NO4S. The maximum Gasteiger partial charge on any atom is 0.268 e. The SMILES string of the molecule is C=CCN1C(=O)C(SCc2ccco2)=C(c2ccc(OCC)cc2)C1=O. The predicted molar refractivity (Wildman–Crippen MR) is 101 cm³/mol. The number of rotatable bonds is 8. The maximum atomic E-state index is 12.8. The molecule has 1 aromatic heterocycles. The van der Waals surface area contributed by atoms with Gasteiger partial charge in [0.05, 0.1) is 29.1 Å². The summed E-state index contributed by atoms with van der Waals surface area (Å²) in [6.45, 7) is 6.29. The summed E-state index contributed by atoms with van der Waals surface area (Å²) in [4.78, 5) is 27.2. The summed E-state index contributed by atoms with van der Waals surface area (Å²) in [7, 11) is 0. The van der Waals surface area contributed by atoms with Gasteiger partial charge in [-0.05, 0) is 36.8 Å². The second-order valence-electron chi connectivity index (χ2n) is 5.54. The van der Waals surface area contributed by atoms with Crippen LogP contribution < -0.4 is 4.74 Å². The number of nitrogens with zero attached hydrogens (tertiary/aromatic N) is 1. The van der Waals surface area contributed by atoms with Crippen molar-refractivity contribution in [2.45, 2.75) is 12.7 Å². The minimum absolute atomic E-state index is 0.184. The van der Waals surface area contributed by atoms with E-state index in [1.807, 2.05) is 13.0 Å². The van der Waals surface area contributed by atoms with E-state index in [0.717, 1.165) is 11.5 Å². The molecule has 2 amide bonds. The minimum atomic E-state index is -0.305. The van der Waals surface area contributed by atoms with Gasteiger partial charge in [0.1, 0.15) is 11.5 Å². The summed E-state index contributed by atoms with van der Waals surface area (Å²) >= 11 is 1.31. The highest BCUT2D eigenvalue weighted by Crippen LogP contribution is 2.37. The van der Waals surface area contributed by atoms with Crippen molar-refractivity contribution in [2.24, 2.45) is 0 Å². The Labute approximate surface area is 156 Å². The third-order valence-corrected chi connectivity index (χ3v) is 4.93. The Morgan fingerprint density at radius 1 is 1.19 bits per heavy atom. The highest BCUT2D eigenvalue weighted by atomic mass is 32.2. The van der Waals surface area contributed by atoms with E-state index in [2.05, 4.69) is 6.58 Å². The zero-order valence-electron chi connectivity index (χ0n) is 14.4. The average Bonchev–Trinajstić information content (AvgIpc) is 3.24. The number of hydrogen-bond acceptors (Lipinski definition) is 5. The van der Waals surface area contributed by atoms with E-state index < -0.39 is 0 Å². The molecule has 1 aromatic carbocycles.